The number of hydrogen-bond donors (Lipinski definition) is 1. The van der Waals surface area contributed by atoms with Crippen LogP contribution in [-0.4, -0.2) is 45.1 Å². The maximum atomic E-state index is 11.8. The summed E-state index contributed by atoms with van der Waals surface area (Å²) in [6, 6.07) is -0.413. The third kappa shape index (κ3) is 2.25. The molecule has 8 heteroatoms. The summed E-state index contributed by atoms with van der Waals surface area (Å²) < 4.78 is 1.43. The number of carbonyl (C=O) groups is 1. The molecule has 19 heavy (non-hydrogen) atoms. The molecule has 0 radical (unpaired) electrons. The van der Waals surface area contributed by atoms with Gasteiger partial charge < -0.3 is 10.2 Å². The summed E-state index contributed by atoms with van der Waals surface area (Å²) in [5, 5.41) is 18.2. The fourth-order valence-electron chi connectivity index (χ4n) is 2.28. The fourth-order valence-corrected chi connectivity index (χ4v) is 2.28. The Morgan fingerprint density at radius 2 is 2.21 bits per heavy atom. The van der Waals surface area contributed by atoms with Crippen LogP contribution in [0.3, 0.4) is 0 Å². The quantitative estimate of drug-likeness (QED) is 0.634. The number of nitrogens with zero attached hydrogens (tertiary/aromatic N) is 4. The van der Waals surface area contributed by atoms with E-state index in [1.807, 2.05) is 6.92 Å². The van der Waals surface area contributed by atoms with Crippen LogP contribution in [0.5, 0.6) is 0 Å². The van der Waals surface area contributed by atoms with Crippen LogP contribution >= 0.6 is 0 Å². The number of aromatic nitrogens is 2. The van der Waals surface area contributed by atoms with Crippen LogP contribution < -0.4 is 5.32 Å². The first-order chi connectivity index (χ1) is 8.95. The summed E-state index contributed by atoms with van der Waals surface area (Å²) in [6.07, 6.45) is 1.11. The molecule has 0 aromatic carbocycles. The number of carbonyl (C=O) groups excluding carboxylic acids is 1. The van der Waals surface area contributed by atoms with Gasteiger partial charge in [0.2, 0.25) is 11.7 Å². The zero-order chi connectivity index (χ0) is 14.2. The second-order valence-corrected chi connectivity index (χ2v) is 4.62. The number of anilines is 1. The minimum Gasteiger partial charge on any atom is -0.353 e. The molecule has 0 spiro atoms. The minimum absolute atomic E-state index is 0.0349. The first-order valence-corrected chi connectivity index (χ1v) is 6.17. The zero-order valence-corrected chi connectivity index (χ0v) is 11.2. The number of nitrogens with one attached hydrogen (secondary N) is 1. The van der Waals surface area contributed by atoms with E-state index in [2.05, 4.69) is 10.4 Å². The molecule has 2 rings (SSSR count). The molecule has 1 fully saturated rings. The highest BCUT2D eigenvalue weighted by molar-refractivity contribution is 5.87. The van der Waals surface area contributed by atoms with E-state index in [9.17, 15) is 14.9 Å². The van der Waals surface area contributed by atoms with Crippen molar-refractivity contribution in [3.63, 3.8) is 0 Å². The second kappa shape index (κ2) is 4.87. The van der Waals surface area contributed by atoms with Crippen molar-refractivity contribution in [2.75, 3.05) is 18.9 Å². The van der Waals surface area contributed by atoms with E-state index in [1.165, 1.54) is 4.68 Å². The Bertz CT molecular complexity index is 525. The number of likely N-dealkylation sites (tertiary alicyclic amines) is 1. The van der Waals surface area contributed by atoms with Crippen LogP contribution in [0.15, 0.2) is 0 Å². The van der Waals surface area contributed by atoms with Gasteiger partial charge in [0.15, 0.2) is 0 Å². The standard InChI is InChI=1S/C11H17N5O3/c1-4-7-9(16(18)19)10(15(3)13-7)12-8-5-6-14(2)11(8)17/h8,12H,4-6H2,1-3H3. The first-order valence-electron chi connectivity index (χ1n) is 6.17. The van der Waals surface area contributed by atoms with E-state index in [1.54, 1.807) is 19.0 Å². The lowest BCUT2D eigenvalue weighted by Crippen LogP contribution is -2.31. The predicted octanol–water partition coefficient (Wildman–Crippen LogP) is 0.533. The molecule has 1 aromatic rings. The molecule has 0 saturated carbocycles. The molecule has 8 nitrogen and oxygen atoms in total. The van der Waals surface area contributed by atoms with Gasteiger partial charge in [-0.3, -0.25) is 14.9 Å². The Morgan fingerprint density at radius 1 is 1.53 bits per heavy atom. The average molecular weight is 267 g/mol. The molecule has 104 valence electrons. The van der Waals surface area contributed by atoms with E-state index in [-0.39, 0.29) is 11.6 Å². The van der Waals surface area contributed by atoms with Crippen LogP contribution in [0.25, 0.3) is 0 Å². The van der Waals surface area contributed by atoms with Crippen molar-refractivity contribution in [3.8, 4) is 0 Å². The number of rotatable bonds is 4. The maximum Gasteiger partial charge on any atom is 0.334 e. The van der Waals surface area contributed by atoms with Crippen molar-refractivity contribution in [2.24, 2.45) is 7.05 Å². The van der Waals surface area contributed by atoms with Gasteiger partial charge in [-0.05, 0) is 12.8 Å². The van der Waals surface area contributed by atoms with Crippen LogP contribution in [0, 0.1) is 10.1 Å². The van der Waals surface area contributed by atoms with Gasteiger partial charge in [-0.2, -0.15) is 5.10 Å². The van der Waals surface area contributed by atoms with Gasteiger partial charge in [0.1, 0.15) is 11.7 Å². The average Bonchev–Trinajstić information content (AvgIpc) is 2.84. The molecule has 2 heterocycles. The number of aryl methyl sites for hydroxylation is 2. The lowest BCUT2D eigenvalue weighted by molar-refractivity contribution is -0.384. The molecule has 1 amide bonds. The summed E-state index contributed by atoms with van der Waals surface area (Å²) in [5.41, 5.74) is 0.390. The van der Waals surface area contributed by atoms with Gasteiger partial charge in [-0.1, -0.05) is 6.92 Å². The Labute approximate surface area is 110 Å². The van der Waals surface area contributed by atoms with E-state index in [0.29, 0.717) is 30.9 Å². The lowest BCUT2D eigenvalue weighted by atomic mass is 10.2. The smallest absolute Gasteiger partial charge is 0.334 e. The van der Waals surface area contributed by atoms with Crippen molar-refractivity contribution in [1.29, 1.82) is 0 Å². The van der Waals surface area contributed by atoms with Gasteiger partial charge in [0, 0.05) is 20.6 Å². The first kappa shape index (κ1) is 13.3. The summed E-state index contributed by atoms with van der Waals surface area (Å²) in [6.45, 7) is 2.47. The van der Waals surface area contributed by atoms with Gasteiger partial charge in [-0.15, -0.1) is 0 Å². The zero-order valence-electron chi connectivity index (χ0n) is 11.2. The normalized spacial score (nSPS) is 19.0. The Hall–Kier alpha value is -2.12. The molecular formula is C11H17N5O3. The van der Waals surface area contributed by atoms with Gasteiger partial charge in [-0.25, -0.2) is 4.68 Å². The summed E-state index contributed by atoms with van der Waals surface area (Å²) in [4.78, 5) is 24.2. The lowest BCUT2D eigenvalue weighted by Gasteiger charge is -2.12. The van der Waals surface area contributed by atoms with Gasteiger partial charge in [0.25, 0.3) is 0 Å². The Morgan fingerprint density at radius 3 is 2.68 bits per heavy atom. The Balaban J connectivity index is 2.32. The largest absolute Gasteiger partial charge is 0.353 e. The molecule has 0 bridgehead atoms. The Kier molecular flexibility index (Phi) is 3.41. The molecule has 1 aliphatic rings. The molecule has 1 N–H and O–H groups in total. The number of nitro groups is 1. The molecule has 1 atom stereocenters. The van der Waals surface area contributed by atoms with Crippen molar-refractivity contribution in [3.05, 3.63) is 15.8 Å². The minimum atomic E-state index is -0.447. The third-order valence-corrected chi connectivity index (χ3v) is 3.35. The molecule has 1 aliphatic heterocycles. The van der Waals surface area contributed by atoms with E-state index < -0.39 is 11.0 Å². The number of likely N-dealkylation sites (N-methyl/N-ethyl adjacent to an activating group) is 1. The van der Waals surface area contributed by atoms with E-state index >= 15 is 0 Å². The van der Waals surface area contributed by atoms with Gasteiger partial charge in [0.05, 0.1) is 4.92 Å². The van der Waals surface area contributed by atoms with Crippen molar-refractivity contribution in [2.45, 2.75) is 25.8 Å². The topological polar surface area (TPSA) is 93.3 Å². The van der Waals surface area contributed by atoms with Crippen LogP contribution in [-0.2, 0) is 18.3 Å². The summed E-state index contributed by atoms with van der Waals surface area (Å²) >= 11 is 0. The monoisotopic (exact) mass is 267 g/mol. The number of hydrogen-bond acceptors (Lipinski definition) is 5. The van der Waals surface area contributed by atoms with Crippen molar-refractivity contribution >= 4 is 17.4 Å². The molecule has 1 unspecified atom stereocenters. The highest BCUT2D eigenvalue weighted by Crippen LogP contribution is 2.30. The van der Waals surface area contributed by atoms with Crippen molar-refractivity contribution < 1.29 is 9.72 Å². The predicted molar refractivity (Wildman–Crippen MR) is 68.9 cm³/mol. The molecule has 1 aromatic heterocycles. The third-order valence-electron chi connectivity index (χ3n) is 3.35. The van der Waals surface area contributed by atoms with Gasteiger partial charge >= 0.3 is 5.69 Å². The molecular weight excluding hydrogens is 250 g/mol. The second-order valence-electron chi connectivity index (χ2n) is 4.62. The number of amides is 1. The maximum absolute atomic E-state index is 11.8. The van der Waals surface area contributed by atoms with E-state index in [4.69, 9.17) is 0 Å². The fraction of sp³-hybridized carbons (Fsp3) is 0.636. The van der Waals surface area contributed by atoms with Crippen molar-refractivity contribution in [1.82, 2.24) is 14.7 Å². The highest BCUT2D eigenvalue weighted by Gasteiger charge is 2.33. The van der Waals surface area contributed by atoms with E-state index in [0.717, 1.165) is 0 Å². The van der Waals surface area contributed by atoms with Crippen LogP contribution in [0.2, 0.25) is 0 Å². The molecule has 0 aliphatic carbocycles. The van der Waals surface area contributed by atoms with Crippen LogP contribution in [0.4, 0.5) is 11.5 Å². The summed E-state index contributed by atoms with van der Waals surface area (Å²) in [7, 11) is 3.36. The highest BCUT2D eigenvalue weighted by atomic mass is 16.6. The molecule has 1 saturated heterocycles. The summed E-state index contributed by atoms with van der Waals surface area (Å²) in [5.74, 6) is 0.254. The SMILES string of the molecule is CCc1nn(C)c(NC2CCN(C)C2=O)c1[N+](=O)[O-]. The van der Waals surface area contributed by atoms with Crippen LogP contribution in [0.1, 0.15) is 19.0 Å².